The van der Waals surface area contributed by atoms with E-state index in [0.29, 0.717) is 46.7 Å². The number of rotatable bonds is 8. The van der Waals surface area contributed by atoms with Crippen LogP contribution in [0.4, 0.5) is 5.82 Å². The molecular weight excluding hydrogens is 529 g/mol. The van der Waals surface area contributed by atoms with E-state index in [1.54, 1.807) is 13.8 Å². The van der Waals surface area contributed by atoms with Gasteiger partial charge in [-0.2, -0.15) is 0 Å². The van der Waals surface area contributed by atoms with Crippen LogP contribution in [0.3, 0.4) is 0 Å². The molecule has 198 valence electrons. The van der Waals surface area contributed by atoms with Gasteiger partial charge in [-0.05, 0) is 49.2 Å². The van der Waals surface area contributed by atoms with Crippen molar-refractivity contribution in [2.45, 2.75) is 51.9 Å². The summed E-state index contributed by atoms with van der Waals surface area (Å²) in [4.78, 5) is 26.3. The first kappa shape index (κ1) is 26.5. The molecule has 11 heteroatoms. The third-order valence-corrected chi connectivity index (χ3v) is 6.85. The lowest BCUT2D eigenvalue weighted by molar-refractivity contribution is -0.0823. The van der Waals surface area contributed by atoms with Crippen LogP contribution in [0.2, 0.25) is 10.0 Å². The number of hydrogen-bond donors (Lipinski definition) is 1. The van der Waals surface area contributed by atoms with Crippen molar-refractivity contribution in [1.29, 1.82) is 0 Å². The van der Waals surface area contributed by atoms with Gasteiger partial charge in [0.1, 0.15) is 29.4 Å². The van der Waals surface area contributed by atoms with Gasteiger partial charge >= 0.3 is 0 Å². The van der Waals surface area contributed by atoms with Crippen molar-refractivity contribution in [3.63, 3.8) is 0 Å². The normalized spacial score (nSPS) is 19.3. The zero-order valence-electron chi connectivity index (χ0n) is 20.9. The highest BCUT2D eigenvalue weighted by atomic mass is 35.5. The van der Waals surface area contributed by atoms with Crippen molar-refractivity contribution in [2.75, 3.05) is 12.3 Å². The Morgan fingerprint density at radius 1 is 0.974 bits per heavy atom. The molecule has 1 saturated heterocycles. The lowest BCUT2D eigenvalue weighted by Gasteiger charge is -2.20. The average Bonchev–Trinajstić information content (AvgIpc) is 3.28. The first-order valence-corrected chi connectivity index (χ1v) is 12.9. The van der Waals surface area contributed by atoms with E-state index in [1.165, 1.54) is 4.57 Å². The molecule has 38 heavy (non-hydrogen) atoms. The molecule has 0 bridgehead atoms. The van der Waals surface area contributed by atoms with Gasteiger partial charge in [-0.25, -0.2) is 15.0 Å². The second-order valence-corrected chi connectivity index (χ2v) is 10.1. The lowest BCUT2D eigenvalue weighted by Crippen LogP contribution is -2.30. The van der Waals surface area contributed by atoms with Crippen molar-refractivity contribution in [1.82, 2.24) is 19.5 Å². The molecule has 4 aromatic rings. The number of anilines is 1. The standard InChI is InChI=1S/C27H27Cl2N5O4/c1-15-27(35)34(26-24(31-15)25(30)32-16(2)33-26)23-11-21(37-13-18-5-9-20(29)10-6-18)22(38-23)14-36-12-17-3-7-19(28)8-4-17/h3-10,21-23H,11-14H2,1-2H3,(H2,30,32,33)/t21-,22+,23+/m0/s1. The van der Waals surface area contributed by atoms with Crippen LogP contribution >= 0.6 is 23.2 Å². The highest BCUT2D eigenvalue weighted by Crippen LogP contribution is 2.33. The van der Waals surface area contributed by atoms with E-state index in [2.05, 4.69) is 15.0 Å². The first-order chi connectivity index (χ1) is 18.3. The Kier molecular flexibility index (Phi) is 7.92. The molecule has 3 atom stereocenters. The molecule has 9 nitrogen and oxygen atoms in total. The molecule has 0 spiro atoms. The largest absolute Gasteiger partial charge is 0.382 e. The van der Waals surface area contributed by atoms with Crippen molar-refractivity contribution in [3.05, 3.63) is 91.6 Å². The van der Waals surface area contributed by atoms with Crippen LogP contribution < -0.4 is 11.3 Å². The van der Waals surface area contributed by atoms with E-state index in [9.17, 15) is 4.79 Å². The van der Waals surface area contributed by atoms with Crippen molar-refractivity contribution >= 4 is 40.2 Å². The molecule has 0 unspecified atom stereocenters. The van der Waals surface area contributed by atoms with Gasteiger partial charge < -0.3 is 19.9 Å². The SMILES string of the molecule is Cc1nc(N)c2nc(C)c(=O)n([C@H]3C[C@H](OCc4ccc(Cl)cc4)[C@@H](COCc4ccc(Cl)cc4)O3)c2n1. The Bertz CT molecular complexity index is 1500. The molecule has 2 aromatic carbocycles. The number of fused-ring (bicyclic) bond motifs is 1. The molecule has 0 saturated carbocycles. The summed E-state index contributed by atoms with van der Waals surface area (Å²) < 4.78 is 20.2. The zero-order valence-corrected chi connectivity index (χ0v) is 22.4. The van der Waals surface area contributed by atoms with Gasteiger partial charge in [0.2, 0.25) is 0 Å². The maximum absolute atomic E-state index is 13.3. The molecular formula is C27H27Cl2N5O4. The Morgan fingerprint density at radius 3 is 2.26 bits per heavy atom. The predicted molar refractivity (Wildman–Crippen MR) is 145 cm³/mol. The van der Waals surface area contributed by atoms with Crippen LogP contribution in [-0.4, -0.2) is 38.3 Å². The number of aromatic nitrogens is 4. The number of aryl methyl sites for hydroxylation is 2. The van der Waals surface area contributed by atoms with E-state index in [-0.39, 0.29) is 29.8 Å². The fourth-order valence-electron chi connectivity index (χ4n) is 4.44. The van der Waals surface area contributed by atoms with Crippen LogP contribution in [0.25, 0.3) is 11.2 Å². The number of nitrogen functional groups attached to an aromatic ring is 1. The fraction of sp³-hybridized carbons (Fsp3) is 0.333. The zero-order chi connectivity index (χ0) is 26.8. The second-order valence-electron chi connectivity index (χ2n) is 9.18. The molecule has 1 aliphatic heterocycles. The van der Waals surface area contributed by atoms with Gasteiger partial charge in [0.05, 0.1) is 25.9 Å². The summed E-state index contributed by atoms with van der Waals surface area (Å²) in [7, 11) is 0. The van der Waals surface area contributed by atoms with Gasteiger partial charge in [-0.15, -0.1) is 0 Å². The number of nitrogens with zero attached hydrogens (tertiary/aromatic N) is 4. The van der Waals surface area contributed by atoms with Gasteiger partial charge in [0.25, 0.3) is 5.56 Å². The molecule has 5 rings (SSSR count). The number of halogens is 2. The molecule has 1 aliphatic rings. The quantitative estimate of drug-likeness (QED) is 0.330. The number of nitrogens with two attached hydrogens (primary N) is 1. The molecule has 0 aliphatic carbocycles. The van der Waals surface area contributed by atoms with Crippen LogP contribution in [0.1, 0.15) is 35.3 Å². The van der Waals surface area contributed by atoms with Crippen molar-refractivity contribution < 1.29 is 14.2 Å². The highest BCUT2D eigenvalue weighted by molar-refractivity contribution is 6.30. The molecule has 3 heterocycles. The Labute approximate surface area is 229 Å². The smallest absolute Gasteiger partial charge is 0.275 e. The maximum Gasteiger partial charge on any atom is 0.275 e. The van der Waals surface area contributed by atoms with Crippen LogP contribution in [0.5, 0.6) is 0 Å². The van der Waals surface area contributed by atoms with Crippen LogP contribution in [0.15, 0.2) is 53.3 Å². The van der Waals surface area contributed by atoms with Crippen LogP contribution in [-0.2, 0) is 27.4 Å². The number of ether oxygens (including phenoxy) is 3. The minimum atomic E-state index is -0.653. The number of hydrogen-bond acceptors (Lipinski definition) is 8. The minimum absolute atomic E-state index is 0.209. The molecule has 2 N–H and O–H groups in total. The Hall–Kier alpha value is -3.08. The van der Waals surface area contributed by atoms with E-state index in [0.717, 1.165) is 11.1 Å². The number of benzene rings is 2. The lowest BCUT2D eigenvalue weighted by atomic mass is 10.1. The van der Waals surface area contributed by atoms with Gasteiger partial charge in [0, 0.05) is 16.5 Å². The molecule has 2 aromatic heterocycles. The van der Waals surface area contributed by atoms with Gasteiger partial charge in [-0.3, -0.25) is 9.36 Å². The summed E-state index contributed by atoms with van der Waals surface area (Å²) in [6.07, 6.45) is -1.03. The van der Waals surface area contributed by atoms with E-state index < -0.39 is 12.3 Å². The van der Waals surface area contributed by atoms with E-state index >= 15 is 0 Å². The summed E-state index contributed by atoms with van der Waals surface area (Å²) in [5.74, 6) is 0.644. The summed E-state index contributed by atoms with van der Waals surface area (Å²) >= 11 is 12.0. The van der Waals surface area contributed by atoms with Gasteiger partial charge in [0.15, 0.2) is 11.5 Å². The molecule has 0 radical (unpaired) electrons. The average molecular weight is 556 g/mol. The minimum Gasteiger partial charge on any atom is -0.382 e. The first-order valence-electron chi connectivity index (χ1n) is 12.1. The molecule has 0 amide bonds. The van der Waals surface area contributed by atoms with Crippen molar-refractivity contribution in [3.8, 4) is 0 Å². The third kappa shape index (κ3) is 5.82. The highest BCUT2D eigenvalue weighted by Gasteiger charge is 2.39. The Balaban J connectivity index is 1.40. The van der Waals surface area contributed by atoms with Crippen LogP contribution in [0, 0.1) is 13.8 Å². The van der Waals surface area contributed by atoms with E-state index in [4.69, 9.17) is 43.1 Å². The maximum atomic E-state index is 13.3. The predicted octanol–water partition coefficient (Wildman–Crippen LogP) is 4.78. The fourth-order valence-corrected chi connectivity index (χ4v) is 4.69. The summed E-state index contributed by atoms with van der Waals surface area (Å²) in [6.45, 7) is 4.34. The third-order valence-electron chi connectivity index (χ3n) is 6.35. The van der Waals surface area contributed by atoms with E-state index in [1.807, 2.05) is 48.5 Å². The Morgan fingerprint density at radius 2 is 1.61 bits per heavy atom. The molecule has 1 fully saturated rings. The summed E-state index contributed by atoms with van der Waals surface area (Å²) in [5.41, 5.74) is 8.73. The monoisotopic (exact) mass is 555 g/mol. The summed E-state index contributed by atoms with van der Waals surface area (Å²) in [6, 6.07) is 14.9. The van der Waals surface area contributed by atoms with Crippen molar-refractivity contribution in [2.24, 2.45) is 0 Å². The second kappa shape index (κ2) is 11.3. The topological polar surface area (TPSA) is 114 Å². The van der Waals surface area contributed by atoms with Gasteiger partial charge in [-0.1, -0.05) is 47.5 Å². The summed E-state index contributed by atoms with van der Waals surface area (Å²) in [5, 5.41) is 1.32.